The summed E-state index contributed by atoms with van der Waals surface area (Å²) in [5.41, 5.74) is 0.443. The predicted octanol–water partition coefficient (Wildman–Crippen LogP) is 3.70. The Morgan fingerprint density at radius 3 is 2.67 bits per heavy atom. The van der Waals surface area contributed by atoms with Crippen LogP contribution >= 0.6 is 0 Å². The van der Waals surface area contributed by atoms with Crippen molar-refractivity contribution < 1.29 is 32.7 Å². The summed E-state index contributed by atoms with van der Waals surface area (Å²) in [6, 6.07) is 5.35. The molecule has 0 saturated carbocycles. The van der Waals surface area contributed by atoms with Crippen molar-refractivity contribution in [3.63, 3.8) is 0 Å². The van der Waals surface area contributed by atoms with E-state index >= 15 is 0 Å². The maximum absolute atomic E-state index is 12.3. The largest absolute Gasteiger partial charge is 0.458 e. The van der Waals surface area contributed by atoms with Crippen LogP contribution in [0.5, 0.6) is 0 Å². The zero-order chi connectivity index (χ0) is 29.6. The van der Waals surface area contributed by atoms with Gasteiger partial charge in [-0.2, -0.15) is 13.2 Å². The van der Waals surface area contributed by atoms with Crippen molar-refractivity contribution in [3.8, 4) is 0 Å². The van der Waals surface area contributed by atoms with Crippen LogP contribution in [-0.4, -0.2) is 78.6 Å². The first-order chi connectivity index (χ1) is 19.0. The molecular weight excluding hydrogens is 529 g/mol. The summed E-state index contributed by atoms with van der Waals surface area (Å²) < 4.78 is 42.5. The number of hydrogen-bond donors (Lipinski definition) is 4. The molecule has 3 unspecified atom stereocenters. The molecule has 1 aliphatic heterocycles. The standard InChI is InChI=1S/C18H32N4O4.C9H9F3N2/c1-4-12-22(17-8-5-6-11-20-17)13-9-18(3,26-16(2)23)15-19-10-7-14-25-21-24;1-5-13-7-3-2-6(9(10,11)12)4-8(7)14-5/h5-6,8,11,19,21,24H,4,7,9-10,12-15H2,1-3H3;2-4,7-8H,1H3,(H,13,14). The number of ether oxygens (including phenoxy) is 1. The topological polar surface area (TPSA) is 120 Å². The van der Waals surface area contributed by atoms with Crippen LogP contribution in [0, 0.1) is 0 Å². The number of alkyl halides is 3. The van der Waals surface area contributed by atoms with Crippen molar-refractivity contribution >= 4 is 17.6 Å². The normalized spacial score (nSPS) is 19.3. The summed E-state index contributed by atoms with van der Waals surface area (Å²) in [6.45, 7) is 10.5. The molecule has 0 spiro atoms. The molecule has 40 heavy (non-hydrogen) atoms. The average Bonchev–Trinajstić information content (AvgIpc) is 3.28. The van der Waals surface area contributed by atoms with Crippen molar-refractivity contribution in [3.05, 3.63) is 48.2 Å². The number of carbonyl (C=O) groups is 1. The number of aromatic nitrogens is 1. The third kappa shape index (κ3) is 11.6. The van der Waals surface area contributed by atoms with Crippen LogP contribution in [0.15, 0.2) is 53.2 Å². The molecular formula is C27H41F3N6O4. The van der Waals surface area contributed by atoms with Gasteiger partial charge in [0.25, 0.3) is 0 Å². The zero-order valence-corrected chi connectivity index (χ0v) is 23.5. The Morgan fingerprint density at radius 1 is 1.27 bits per heavy atom. The van der Waals surface area contributed by atoms with Gasteiger partial charge in [0.15, 0.2) is 0 Å². The lowest BCUT2D eigenvalue weighted by Crippen LogP contribution is -2.45. The highest BCUT2D eigenvalue weighted by molar-refractivity contribution is 5.82. The number of nitrogens with one attached hydrogen (secondary N) is 3. The molecule has 2 aliphatic rings. The van der Waals surface area contributed by atoms with Crippen LogP contribution in [0.4, 0.5) is 19.0 Å². The van der Waals surface area contributed by atoms with Gasteiger partial charge in [0.05, 0.1) is 30.1 Å². The van der Waals surface area contributed by atoms with Gasteiger partial charge in [-0.1, -0.05) is 30.8 Å². The van der Waals surface area contributed by atoms with Crippen LogP contribution in [-0.2, 0) is 14.4 Å². The molecule has 1 aromatic rings. The van der Waals surface area contributed by atoms with Gasteiger partial charge in [0.2, 0.25) is 0 Å². The number of pyridine rings is 1. The third-order valence-corrected chi connectivity index (χ3v) is 6.18. The number of fused-ring (bicyclic) bond motifs is 1. The van der Waals surface area contributed by atoms with E-state index in [0.717, 1.165) is 37.8 Å². The number of hydrogen-bond acceptors (Lipinski definition) is 10. The van der Waals surface area contributed by atoms with E-state index in [1.807, 2.05) is 25.1 Å². The molecule has 13 heteroatoms. The first kappa shape index (κ1) is 33.2. The van der Waals surface area contributed by atoms with E-state index in [9.17, 15) is 18.0 Å². The van der Waals surface area contributed by atoms with Crippen molar-refractivity contribution in [2.45, 2.75) is 70.8 Å². The van der Waals surface area contributed by atoms with Gasteiger partial charge in [0.1, 0.15) is 11.4 Å². The van der Waals surface area contributed by atoms with Gasteiger partial charge in [-0.05, 0) is 51.4 Å². The number of halogens is 3. The Hall–Kier alpha value is -3.00. The molecule has 10 nitrogen and oxygen atoms in total. The Kier molecular flexibility index (Phi) is 13.5. The van der Waals surface area contributed by atoms with Gasteiger partial charge >= 0.3 is 12.1 Å². The number of rotatable bonds is 14. The molecule has 0 fully saturated rings. The van der Waals surface area contributed by atoms with Gasteiger partial charge in [-0.25, -0.2) is 4.98 Å². The van der Waals surface area contributed by atoms with Crippen LogP contribution in [0.3, 0.4) is 0 Å². The van der Waals surface area contributed by atoms with E-state index in [1.165, 1.54) is 19.1 Å². The minimum Gasteiger partial charge on any atom is -0.458 e. The first-order valence-corrected chi connectivity index (χ1v) is 13.3. The smallest absolute Gasteiger partial charge is 0.416 e. The van der Waals surface area contributed by atoms with Crippen molar-refractivity contribution in [2.75, 3.05) is 37.7 Å². The van der Waals surface area contributed by atoms with Crippen molar-refractivity contribution in [1.29, 1.82) is 0 Å². The SMILES string of the molecule is CC1=NC2C=CC(C(F)(F)F)=CC2N1.CCCN(CCC(C)(CNCCCONO)OC(C)=O)c1ccccn1. The lowest BCUT2D eigenvalue weighted by Gasteiger charge is -2.33. The van der Waals surface area contributed by atoms with Gasteiger partial charge in [-0.3, -0.25) is 19.8 Å². The Bertz CT molecular complexity index is 1010. The summed E-state index contributed by atoms with van der Waals surface area (Å²) in [5.74, 6) is 1.33. The van der Waals surface area contributed by atoms with Gasteiger partial charge in [0, 0.05) is 39.2 Å². The molecule has 0 amide bonds. The van der Waals surface area contributed by atoms with Crippen LogP contribution in [0.25, 0.3) is 0 Å². The highest BCUT2D eigenvalue weighted by Crippen LogP contribution is 2.31. The molecule has 0 radical (unpaired) electrons. The minimum absolute atomic E-state index is 0.180. The second-order valence-corrected chi connectivity index (χ2v) is 9.79. The van der Waals surface area contributed by atoms with Crippen molar-refractivity contribution in [1.82, 2.24) is 21.3 Å². The minimum atomic E-state index is -4.26. The molecule has 0 aromatic carbocycles. The number of amidine groups is 1. The lowest BCUT2D eigenvalue weighted by molar-refractivity contribution is -0.155. The van der Waals surface area contributed by atoms with E-state index < -0.39 is 17.4 Å². The fourth-order valence-electron chi connectivity index (χ4n) is 4.32. The highest BCUT2D eigenvalue weighted by Gasteiger charge is 2.37. The maximum atomic E-state index is 12.3. The van der Waals surface area contributed by atoms with E-state index in [1.54, 1.807) is 18.8 Å². The Balaban J connectivity index is 0.000000333. The maximum Gasteiger partial charge on any atom is 0.416 e. The fraction of sp³-hybridized carbons (Fsp3) is 0.593. The number of aliphatic imine (C=N–C) groups is 1. The molecule has 224 valence electrons. The molecule has 2 heterocycles. The second kappa shape index (κ2) is 16.3. The van der Waals surface area contributed by atoms with E-state index in [-0.39, 0.29) is 18.1 Å². The zero-order valence-electron chi connectivity index (χ0n) is 23.5. The predicted molar refractivity (Wildman–Crippen MR) is 147 cm³/mol. The average molecular weight is 571 g/mol. The quantitative estimate of drug-likeness (QED) is 0.151. The molecule has 1 aromatic heterocycles. The Labute approximate surface area is 233 Å². The fourth-order valence-corrected chi connectivity index (χ4v) is 4.32. The van der Waals surface area contributed by atoms with E-state index in [2.05, 4.69) is 37.3 Å². The highest BCUT2D eigenvalue weighted by atomic mass is 19.4. The third-order valence-electron chi connectivity index (χ3n) is 6.18. The van der Waals surface area contributed by atoms with E-state index in [4.69, 9.17) is 9.94 Å². The summed E-state index contributed by atoms with van der Waals surface area (Å²) >= 11 is 0. The molecule has 4 N–H and O–H groups in total. The van der Waals surface area contributed by atoms with Crippen LogP contribution in [0.1, 0.15) is 47.0 Å². The van der Waals surface area contributed by atoms with E-state index in [0.29, 0.717) is 32.0 Å². The molecule has 0 saturated heterocycles. The molecule has 3 atom stereocenters. The number of anilines is 1. The number of esters is 1. The second-order valence-electron chi connectivity index (χ2n) is 9.79. The lowest BCUT2D eigenvalue weighted by atomic mass is 9.99. The molecule has 0 bridgehead atoms. The van der Waals surface area contributed by atoms with Crippen LogP contribution in [0.2, 0.25) is 0 Å². The summed E-state index contributed by atoms with van der Waals surface area (Å²) in [7, 11) is 0. The molecule has 1 aliphatic carbocycles. The number of carbonyl (C=O) groups excluding carboxylic acids is 1. The summed E-state index contributed by atoms with van der Waals surface area (Å²) in [6.07, 6.45) is 3.70. The Morgan fingerprint density at radius 2 is 2.05 bits per heavy atom. The molecule has 3 rings (SSSR count). The summed E-state index contributed by atoms with van der Waals surface area (Å²) in [5, 5.41) is 14.5. The first-order valence-electron chi connectivity index (χ1n) is 13.3. The number of allylic oxidation sites excluding steroid dienone is 2. The number of nitrogens with zero attached hydrogens (tertiary/aromatic N) is 3. The van der Waals surface area contributed by atoms with Crippen molar-refractivity contribution in [2.24, 2.45) is 4.99 Å². The summed E-state index contributed by atoms with van der Waals surface area (Å²) in [4.78, 5) is 27.0. The monoisotopic (exact) mass is 570 g/mol. The van der Waals surface area contributed by atoms with Gasteiger partial charge < -0.3 is 20.3 Å². The van der Waals surface area contributed by atoms with Crippen LogP contribution < -0.4 is 21.2 Å². The van der Waals surface area contributed by atoms with Gasteiger partial charge in [-0.15, -0.1) is 0 Å².